The third-order valence-corrected chi connectivity index (χ3v) is 5.38. The lowest BCUT2D eigenvalue weighted by Crippen LogP contribution is -2.16. The Labute approximate surface area is 130 Å². The molecule has 0 spiro atoms. The summed E-state index contributed by atoms with van der Waals surface area (Å²) in [6.07, 6.45) is 0. The fourth-order valence-corrected chi connectivity index (χ4v) is 3.66. The summed E-state index contributed by atoms with van der Waals surface area (Å²) in [5.74, 6) is 1.73. The van der Waals surface area contributed by atoms with Gasteiger partial charge in [0.25, 0.3) is 0 Å². The quantitative estimate of drug-likeness (QED) is 0.566. The first-order chi connectivity index (χ1) is 9.66. The van der Waals surface area contributed by atoms with E-state index in [-0.39, 0.29) is 0 Å². The lowest BCUT2D eigenvalue weighted by atomic mass is 10.0. The third-order valence-electron chi connectivity index (χ3n) is 3.35. The van der Waals surface area contributed by atoms with Gasteiger partial charge in [-0.05, 0) is 47.5 Å². The average molecular weight is 306 g/mol. The van der Waals surface area contributed by atoms with Crippen molar-refractivity contribution in [3.05, 3.63) is 51.7 Å². The Bertz CT molecular complexity index is 514. The topological polar surface area (TPSA) is 12.0 Å². The highest BCUT2D eigenvalue weighted by atomic mass is 32.2. The van der Waals surface area contributed by atoms with E-state index < -0.39 is 0 Å². The number of benzene rings is 1. The van der Waals surface area contributed by atoms with E-state index in [0.717, 1.165) is 18.8 Å². The van der Waals surface area contributed by atoms with E-state index in [1.54, 1.807) is 0 Å². The molecular formula is C17H23NS2. The lowest BCUT2D eigenvalue weighted by molar-refractivity contribution is 0.738. The van der Waals surface area contributed by atoms with Gasteiger partial charge in [-0.2, -0.15) is 0 Å². The molecular weight excluding hydrogens is 282 g/mol. The van der Waals surface area contributed by atoms with Crippen LogP contribution in [-0.4, -0.2) is 12.3 Å². The maximum atomic E-state index is 3.52. The van der Waals surface area contributed by atoms with Gasteiger partial charge in [0.1, 0.15) is 0 Å². The first kappa shape index (κ1) is 15.6. The molecule has 2 rings (SSSR count). The molecule has 0 saturated heterocycles. The number of hydrogen-bond acceptors (Lipinski definition) is 3. The number of hydrogen-bond donors (Lipinski definition) is 1. The van der Waals surface area contributed by atoms with Crippen LogP contribution in [0.15, 0.2) is 40.6 Å². The third kappa shape index (κ3) is 4.65. The summed E-state index contributed by atoms with van der Waals surface area (Å²) in [5.41, 5.74) is 2.82. The van der Waals surface area contributed by atoms with Crippen LogP contribution in [0.1, 0.15) is 35.8 Å². The van der Waals surface area contributed by atoms with Crippen molar-refractivity contribution in [3.63, 3.8) is 0 Å². The van der Waals surface area contributed by atoms with Gasteiger partial charge in [0.2, 0.25) is 0 Å². The first-order valence-electron chi connectivity index (χ1n) is 7.13. The number of rotatable bonds is 7. The molecule has 0 radical (unpaired) electrons. The van der Waals surface area contributed by atoms with Crippen LogP contribution >= 0.6 is 23.1 Å². The SMILES string of the molecule is Cc1ccsc1CNCCSc1ccc(C(C)C)cc1. The highest BCUT2D eigenvalue weighted by Gasteiger charge is 2.00. The Morgan fingerprint density at radius 3 is 2.50 bits per heavy atom. The fourth-order valence-electron chi connectivity index (χ4n) is 1.98. The van der Waals surface area contributed by atoms with Gasteiger partial charge in [-0.1, -0.05) is 26.0 Å². The number of thiophene rings is 1. The standard InChI is InChI=1S/C17H23NS2/c1-13(2)15-4-6-16(7-5-15)19-11-9-18-12-17-14(3)8-10-20-17/h4-8,10,13,18H,9,11-12H2,1-3H3. The molecule has 0 unspecified atom stereocenters. The van der Waals surface area contributed by atoms with Gasteiger partial charge in [-0.25, -0.2) is 0 Å². The van der Waals surface area contributed by atoms with Crippen molar-refractivity contribution in [2.24, 2.45) is 0 Å². The molecule has 20 heavy (non-hydrogen) atoms. The molecule has 0 aliphatic rings. The summed E-state index contributed by atoms with van der Waals surface area (Å²) in [5, 5.41) is 5.68. The van der Waals surface area contributed by atoms with Gasteiger partial charge < -0.3 is 5.32 Å². The highest BCUT2D eigenvalue weighted by molar-refractivity contribution is 7.99. The minimum Gasteiger partial charge on any atom is -0.311 e. The summed E-state index contributed by atoms with van der Waals surface area (Å²) >= 11 is 3.76. The van der Waals surface area contributed by atoms with E-state index in [2.05, 4.69) is 61.8 Å². The molecule has 0 saturated carbocycles. The Kier molecular flexibility index (Phi) is 6.14. The molecule has 2 aromatic rings. The molecule has 1 heterocycles. The molecule has 0 fully saturated rings. The van der Waals surface area contributed by atoms with Gasteiger partial charge >= 0.3 is 0 Å². The predicted octanol–water partition coefficient (Wildman–Crippen LogP) is 5.06. The van der Waals surface area contributed by atoms with Gasteiger partial charge in [-0.3, -0.25) is 0 Å². The van der Waals surface area contributed by atoms with Crippen molar-refractivity contribution in [1.29, 1.82) is 0 Å². The zero-order chi connectivity index (χ0) is 14.4. The normalized spacial score (nSPS) is 11.2. The molecule has 0 atom stereocenters. The average Bonchev–Trinajstić information content (AvgIpc) is 2.84. The molecule has 0 aliphatic heterocycles. The molecule has 0 amide bonds. The lowest BCUT2D eigenvalue weighted by Gasteiger charge is -2.07. The van der Waals surface area contributed by atoms with Crippen molar-refractivity contribution in [3.8, 4) is 0 Å². The molecule has 0 bridgehead atoms. The van der Waals surface area contributed by atoms with Crippen molar-refractivity contribution in [2.45, 2.75) is 38.1 Å². The van der Waals surface area contributed by atoms with Gasteiger partial charge in [0.15, 0.2) is 0 Å². The van der Waals surface area contributed by atoms with E-state index in [0.29, 0.717) is 5.92 Å². The van der Waals surface area contributed by atoms with Crippen LogP contribution < -0.4 is 5.32 Å². The smallest absolute Gasteiger partial charge is 0.0302 e. The molecule has 1 N–H and O–H groups in total. The molecule has 1 aromatic heterocycles. The van der Waals surface area contributed by atoms with Crippen LogP contribution in [0.3, 0.4) is 0 Å². The number of aryl methyl sites for hydroxylation is 1. The Morgan fingerprint density at radius 2 is 1.90 bits per heavy atom. The zero-order valence-electron chi connectivity index (χ0n) is 12.5. The maximum Gasteiger partial charge on any atom is 0.0302 e. The van der Waals surface area contributed by atoms with Crippen LogP contribution in [0.4, 0.5) is 0 Å². The molecule has 1 nitrogen and oxygen atoms in total. The van der Waals surface area contributed by atoms with Gasteiger partial charge in [-0.15, -0.1) is 23.1 Å². The largest absolute Gasteiger partial charge is 0.311 e. The molecule has 0 aliphatic carbocycles. The summed E-state index contributed by atoms with van der Waals surface area (Å²) in [7, 11) is 0. The van der Waals surface area contributed by atoms with E-state index in [9.17, 15) is 0 Å². The summed E-state index contributed by atoms with van der Waals surface area (Å²) < 4.78 is 0. The minimum absolute atomic E-state index is 0.616. The highest BCUT2D eigenvalue weighted by Crippen LogP contribution is 2.21. The van der Waals surface area contributed by atoms with Crippen LogP contribution in [0.5, 0.6) is 0 Å². The molecule has 108 valence electrons. The second kappa shape index (κ2) is 7.87. The van der Waals surface area contributed by atoms with Crippen molar-refractivity contribution >= 4 is 23.1 Å². The zero-order valence-corrected chi connectivity index (χ0v) is 14.1. The van der Waals surface area contributed by atoms with E-state index in [1.165, 1.54) is 20.9 Å². The van der Waals surface area contributed by atoms with Crippen molar-refractivity contribution in [2.75, 3.05) is 12.3 Å². The molecule has 1 aromatic carbocycles. The predicted molar refractivity (Wildman–Crippen MR) is 92.0 cm³/mol. The fraction of sp³-hybridized carbons (Fsp3) is 0.412. The Morgan fingerprint density at radius 1 is 1.15 bits per heavy atom. The van der Waals surface area contributed by atoms with Crippen LogP contribution in [0.2, 0.25) is 0 Å². The van der Waals surface area contributed by atoms with Crippen molar-refractivity contribution < 1.29 is 0 Å². The second-order valence-corrected chi connectivity index (χ2v) is 7.44. The maximum absolute atomic E-state index is 3.52. The van der Waals surface area contributed by atoms with Crippen LogP contribution in [0, 0.1) is 6.92 Å². The summed E-state index contributed by atoms with van der Waals surface area (Å²) in [6, 6.07) is 11.2. The number of thioether (sulfide) groups is 1. The first-order valence-corrected chi connectivity index (χ1v) is 9.00. The summed E-state index contributed by atoms with van der Waals surface area (Å²) in [4.78, 5) is 2.82. The van der Waals surface area contributed by atoms with Gasteiger partial charge in [0.05, 0.1) is 0 Å². The van der Waals surface area contributed by atoms with E-state index in [1.807, 2.05) is 23.1 Å². The summed E-state index contributed by atoms with van der Waals surface area (Å²) in [6.45, 7) is 8.69. The second-order valence-electron chi connectivity index (χ2n) is 5.28. The Balaban J connectivity index is 1.67. The van der Waals surface area contributed by atoms with Crippen LogP contribution in [0.25, 0.3) is 0 Å². The number of nitrogens with one attached hydrogen (secondary N) is 1. The van der Waals surface area contributed by atoms with Crippen LogP contribution in [-0.2, 0) is 6.54 Å². The minimum atomic E-state index is 0.616. The van der Waals surface area contributed by atoms with Crippen molar-refractivity contribution in [1.82, 2.24) is 5.32 Å². The van der Waals surface area contributed by atoms with E-state index in [4.69, 9.17) is 0 Å². The van der Waals surface area contributed by atoms with E-state index >= 15 is 0 Å². The monoisotopic (exact) mass is 305 g/mol. The van der Waals surface area contributed by atoms with Gasteiger partial charge in [0, 0.05) is 28.6 Å². The Hall–Kier alpha value is -0.770. The molecule has 3 heteroatoms.